The van der Waals surface area contributed by atoms with E-state index in [1.165, 1.54) is 11.6 Å². The van der Waals surface area contributed by atoms with Gasteiger partial charge in [-0.1, -0.05) is 19.1 Å². The molecule has 3 nitrogen and oxygen atoms in total. The van der Waals surface area contributed by atoms with Gasteiger partial charge in [-0.15, -0.1) is 0 Å². The fraction of sp³-hybridized carbons (Fsp3) is 0.312. The summed E-state index contributed by atoms with van der Waals surface area (Å²) in [5.41, 5.74) is 8.45. The number of benzene rings is 1. The third-order valence-electron chi connectivity index (χ3n) is 3.34. The summed E-state index contributed by atoms with van der Waals surface area (Å²) in [7, 11) is 0. The van der Waals surface area contributed by atoms with Gasteiger partial charge >= 0.3 is 0 Å². The van der Waals surface area contributed by atoms with Crippen molar-refractivity contribution in [3.63, 3.8) is 0 Å². The Hall–Kier alpha value is -1.78. The zero-order valence-electron chi connectivity index (χ0n) is 11.7. The first kappa shape index (κ1) is 14.6. The van der Waals surface area contributed by atoms with Crippen molar-refractivity contribution in [3.8, 4) is 0 Å². The van der Waals surface area contributed by atoms with Crippen molar-refractivity contribution in [1.29, 1.82) is 0 Å². The molecule has 0 spiro atoms. The summed E-state index contributed by atoms with van der Waals surface area (Å²) in [6.07, 6.45) is 3.55. The third kappa shape index (κ3) is 3.85. The quantitative estimate of drug-likeness (QED) is 0.880. The molecule has 0 saturated carbocycles. The highest BCUT2D eigenvalue weighted by Gasteiger charge is 2.09. The summed E-state index contributed by atoms with van der Waals surface area (Å²) >= 11 is 0. The first-order valence-corrected chi connectivity index (χ1v) is 6.81. The number of nitrogens with two attached hydrogens (primary N) is 1. The van der Waals surface area contributed by atoms with Crippen LogP contribution in [0.15, 0.2) is 42.7 Å². The maximum atomic E-state index is 13.9. The van der Waals surface area contributed by atoms with Gasteiger partial charge in [-0.2, -0.15) is 0 Å². The van der Waals surface area contributed by atoms with Crippen LogP contribution in [0.4, 0.5) is 4.39 Å². The van der Waals surface area contributed by atoms with Crippen molar-refractivity contribution < 1.29 is 4.39 Å². The second kappa shape index (κ2) is 7.12. The maximum Gasteiger partial charge on any atom is 0.127 e. The van der Waals surface area contributed by atoms with Crippen LogP contribution in [-0.4, -0.2) is 16.4 Å². The maximum absolute atomic E-state index is 13.9. The molecule has 0 bridgehead atoms. The summed E-state index contributed by atoms with van der Waals surface area (Å²) < 4.78 is 13.9. The Morgan fingerprint density at radius 1 is 1.10 bits per heavy atom. The molecule has 0 amide bonds. The normalized spacial score (nSPS) is 11.0. The fourth-order valence-corrected chi connectivity index (χ4v) is 2.14. The molecule has 0 atom stereocenters. The molecule has 2 aromatic rings. The van der Waals surface area contributed by atoms with Gasteiger partial charge in [0.2, 0.25) is 0 Å². The van der Waals surface area contributed by atoms with Gasteiger partial charge in [-0.05, 0) is 35.9 Å². The molecular weight excluding hydrogens is 253 g/mol. The predicted molar refractivity (Wildman–Crippen MR) is 78.3 cm³/mol. The zero-order valence-corrected chi connectivity index (χ0v) is 11.7. The molecule has 0 aliphatic rings. The molecule has 106 valence electrons. The highest BCUT2D eigenvalue weighted by Crippen LogP contribution is 2.14. The van der Waals surface area contributed by atoms with E-state index < -0.39 is 0 Å². The van der Waals surface area contributed by atoms with Crippen LogP contribution >= 0.6 is 0 Å². The van der Waals surface area contributed by atoms with E-state index in [0.717, 1.165) is 18.7 Å². The van der Waals surface area contributed by atoms with Crippen LogP contribution in [0, 0.1) is 5.82 Å². The first-order valence-electron chi connectivity index (χ1n) is 6.81. The largest absolute Gasteiger partial charge is 0.326 e. The number of aromatic nitrogens is 1. The van der Waals surface area contributed by atoms with Gasteiger partial charge in [-0.25, -0.2) is 4.39 Å². The lowest BCUT2D eigenvalue weighted by atomic mass is 10.1. The number of hydrogen-bond acceptors (Lipinski definition) is 3. The molecule has 2 rings (SSSR count). The lowest BCUT2D eigenvalue weighted by molar-refractivity contribution is 0.267. The van der Waals surface area contributed by atoms with Gasteiger partial charge in [0.25, 0.3) is 0 Å². The summed E-state index contributed by atoms with van der Waals surface area (Å²) in [6, 6.07) is 9.05. The molecule has 0 aliphatic carbocycles. The summed E-state index contributed by atoms with van der Waals surface area (Å²) in [6.45, 7) is 4.73. The Bertz CT molecular complexity index is 543. The molecule has 4 heteroatoms. The van der Waals surface area contributed by atoms with Gasteiger partial charge in [0, 0.05) is 37.6 Å². The summed E-state index contributed by atoms with van der Waals surface area (Å²) in [5.74, 6) is -0.171. The Balaban J connectivity index is 2.10. The zero-order chi connectivity index (χ0) is 14.4. The van der Waals surface area contributed by atoms with Crippen molar-refractivity contribution in [1.82, 2.24) is 9.88 Å². The average Bonchev–Trinajstić information content (AvgIpc) is 2.49. The molecule has 0 aliphatic heterocycles. The molecule has 0 fully saturated rings. The third-order valence-corrected chi connectivity index (χ3v) is 3.34. The van der Waals surface area contributed by atoms with Gasteiger partial charge in [0.1, 0.15) is 5.82 Å². The van der Waals surface area contributed by atoms with E-state index in [2.05, 4.69) is 16.8 Å². The van der Waals surface area contributed by atoms with Crippen molar-refractivity contribution in [3.05, 3.63) is 65.2 Å². The smallest absolute Gasteiger partial charge is 0.127 e. The number of halogens is 1. The number of nitrogens with zero attached hydrogens (tertiary/aromatic N) is 2. The van der Waals surface area contributed by atoms with Crippen molar-refractivity contribution >= 4 is 0 Å². The van der Waals surface area contributed by atoms with E-state index in [9.17, 15) is 4.39 Å². The highest BCUT2D eigenvalue weighted by molar-refractivity contribution is 5.25. The van der Waals surface area contributed by atoms with E-state index in [4.69, 9.17) is 5.73 Å². The minimum absolute atomic E-state index is 0.171. The van der Waals surface area contributed by atoms with Crippen LogP contribution in [-0.2, 0) is 19.6 Å². The highest BCUT2D eigenvalue weighted by atomic mass is 19.1. The number of rotatable bonds is 6. The van der Waals surface area contributed by atoms with Crippen LogP contribution in [0.3, 0.4) is 0 Å². The molecule has 2 N–H and O–H groups in total. The van der Waals surface area contributed by atoms with E-state index in [-0.39, 0.29) is 5.82 Å². The van der Waals surface area contributed by atoms with Gasteiger partial charge in [-0.3, -0.25) is 9.88 Å². The topological polar surface area (TPSA) is 42.2 Å². The lowest BCUT2D eigenvalue weighted by Gasteiger charge is -2.21. The van der Waals surface area contributed by atoms with E-state index >= 15 is 0 Å². The fourth-order valence-electron chi connectivity index (χ4n) is 2.14. The SMILES string of the molecule is CCN(Cc1ccncc1)Cc1cc(CN)ccc1F. The van der Waals surface area contributed by atoms with Crippen molar-refractivity contribution in [2.75, 3.05) is 6.54 Å². The van der Waals surface area contributed by atoms with Crippen LogP contribution in [0.5, 0.6) is 0 Å². The van der Waals surface area contributed by atoms with Gasteiger partial charge in [0.05, 0.1) is 0 Å². The van der Waals surface area contributed by atoms with Crippen LogP contribution in [0.25, 0.3) is 0 Å². The number of pyridine rings is 1. The molecule has 1 aromatic heterocycles. The van der Waals surface area contributed by atoms with Crippen molar-refractivity contribution in [2.45, 2.75) is 26.6 Å². The lowest BCUT2D eigenvalue weighted by Crippen LogP contribution is -2.23. The molecule has 0 saturated heterocycles. The summed E-state index contributed by atoms with van der Waals surface area (Å²) in [4.78, 5) is 6.20. The standard InChI is InChI=1S/C16H20FN3/c1-2-20(11-13-5-7-19-8-6-13)12-15-9-14(10-18)3-4-16(15)17/h3-9H,2,10-12,18H2,1H3. The minimum atomic E-state index is -0.171. The Kier molecular flexibility index (Phi) is 5.21. The van der Waals surface area contributed by atoms with E-state index in [1.807, 2.05) is 18.2 Å². The van der Waals surface area contributed by atoms with E-state index in [0.29, 0.717) is 18.7 Å². The Labute approximate surface area is 119 Å². The molecule has 1 heterocycles. The molecule has 1 aromatic carbocycles. The van der Waals surface area contributed by atoms with Gasteiger partial charge < -0.3 is 5.73 Å². The van der Waals surface area contributed by atoms with Gasteiger partial charge in [0.15, 0.2) is 0 Å². The molecule has 0 radical (unpaired) electrons. The molecular formula is C16H20FN3. The molecule has 20 heavy (non-hydrogen) atoms. The Morgan fingerprint density at radius 2 is 1.85 bits per heavy atom. The second-order valence-electron chi connectivity index (χ2n) is 4.79. The number of hydrogen-bond donors (Lipinski definition) is 1. The molecule has 0 unspecified atom stereocenters. The minimum Gasteiger partial charge on any atom is -0.326 e. The van der Waals surface area contributed by atoms with Crippen molar-refractivity contribution in [2.24, 2.45) is 5.73 Å². The van der Waals surface area contributed by atoms with Crippen LogP contribution in [0.2, 0.25) is 0 Å². The second-order valence-corrected chi connectivity index (χ2v) is 4.79. The van der Waals surface area contributed by atoms with E-state index in [1.54, 1.807) is 18.5 Å². The first-order chi connectivity index (χ1) is 9.72. The monoisotopic (exact) mass is 273 g/mol. The Morgan fingerprint density at radius 3 is 2.50 bits per heavy atom. The summed E-state index contributed by atoms with van der Waals surface area (Å²) in [5, 5.41) is 0. The van der Waals surface area contributed by atoms with Crippen LogP contribution < -0.4 is 5.73 Å². The average molecular weight is 273 g/mol. The predicted octanol–water partition coefficient (Wildman–Crippen LogP) is 2.70. The van der Waals surface area contributed by atoms with Crippen LogP contribution in [0.1, 0.15) is 23.6 Å².